The van der Waals surface area contributed by atoms with Crippen LogP contribution in [0.5, 0.6) is 0 Å². The van der Waals surface area contributed by atoms with Crippen LogP contribution in [-0.2, 0) is 6.42 Å². The van der Waals surface area contributed by atoms with E-state index in [2.05, 4.69) is 34.0 Å². The summed E-state index contributed by atoms with van der Waals surface area (Å²) in [6.45, 7) is 0. The Morgan fingerprint density at radius 3 is 2.63 bits per heavy atom. The van der Waals surface area contributed by atoms with E-state index >= 15 is 0 Å². The number of halogens is 3. The molecule has 1 aliphatic carbocycles. The van der Waals surface area contributed by atoms with Gasteiger partial charge in [-0.1, -0.05) is 0 Å². The maximum absolute atomic E-state index is 13.2. The van der Waals surface area contributed by atoms with Crippen molar-refractivity contribution < 1.29 is 8.78 Å². The molecule has 1 aromatic carbocycles. The quantitative estimate of drug-likeness (QED) is 0.701. The topological polar surface area (TPSA) is 12.0 Å². The standard InChI is InChI=1S/C14H12F2INS/c15-8-4-9(16)6-10(5-8)18-12-2-1-3-13-11(12)7-14(17)19-13/h4-7,12,18H,1-3H2. The summed E-state index contributed by atoms with van der Waals surface area (Å²) >= 11 is 4.13. The number of benzene rings is 1. The molecule has 1 aliphatic rings. The Kier molecular flexibility index (Phi) is 3.75. The first-order valence-electron chi connectivity index (χ1n) is 6.12. The lowest BCUT2D eigenvalue weighted by molar-refractivity contribution is 0.579. The second-order valence-electron chi connectivity index (χ2n) is 4.68. The third-order valence-corrected chi connectivity index (χ3v) is 5.26. The van der Waals surface area contributed by atoms with Crippen LogP contribution in [0.25, 0.3) is 0 Å². The van der Waals surface area contributed by atoms with Crippen molar-refractivity contribution in [2.45, 2.75) is 25.3 Å². The molecule has 1 unspecified atom stereocenters. The third-order valence-electron chi connectivity index (χ3n) is 3.29. The molecule has 0 saturated carbocycles. The molecule has 2 aromatic rings. The van der Waals surface area contributed by atoms with Gasteiger partial charge < -0.3 is 5.32 Å². The lowest BCUT2D eigenvalue weighted by Gasteiger charge is -2.24. The van der Waals surface area contributed by atoms with Gasteiger partial charge in [0, 0.05) is 16.6 Å². The molecule has 1 heterocycles. The lowest BCUT2D eigenvalue weighted by atomic mass is 9.94. The van der Waals surface area contributed by atoms with E-state index in [4.69, 9.17) is 0 Å². The van der Waals surface area contributed by atoms with Crippen molar-refractivity contribution in [3.8, 4) is 0 Å². The number of aryl methyl sites for hydroxylation is 1. The molecular weight excluding hydrogens is 379 g/mol. The molecule has 0 amide bonds. The summed E-state index contributed by atoms with van der Waals surface area (Å²) in [5.41, 5.74) is 1.79. The monoisotopic (exact) mass is 391 g/mol. The Bertz CT molecular complexity index is 591. The van der Waals surface area contributed by atoms with Gasteiger partial charge in [0.15, 0.2) is 0 Å². The summed E-state index contributed by atoms with van der Waals surface area (Å²) in [4.78, 5) is 1.39. The molecule has 100 valence electrons. The van der Waals surface area contributed by atoms with Crippen molar-refractivity contribution in [2.24, 2.45) is 0 Å². The van der Waals surface area contributed by atoms with Gasteiger partial charge in [-0.15, -0.1) is 11.3 Å². The van der Waals surface area contributed by atoms with Gasteiger partial charge in [0.25, 0.3) is 0 Å². The smallest absolute Gasteiger partial charge is 0.128 e. The zero-order valence-electron chi connectivity index (χ0n) is 10.1. The number of rotatable bonds is 2. The van der Waals surface area contributed by atoms with Gasteiger partial charge in [-0.2, -0.15) is 0 Å². The predicted octanol–water partition coefficient (Wildman–Crippen LogP) is 5.12. The Morgan fingerprint density at radius 2 is 1.89 bits per heavy atom. The Morgan fingerprint density at radius 1 is 1.16 bits per heavy atom. The van der Waals surface area contributed by atoms with Gasteiger partial charge in [0.1, 0.15) is 11.6 Å². The molecule has 0 radical (unpaired) electrons. The molecule has 3 rings (SSSR count). The second kappa shape index (κ2) is 5.36. The highest BCUT2D eigenvalue weighted by Gasteiger charge is 2.22. The van der Waals surface area contributed by atoms with Gasteiger partial charge >= 0.3 is 0 Å². The van der Waals surface area contributed by atoms with E-state index in [1.165, 1.54) is 25.5 Å². The minimum absolute atomic E-state index is 0.157. The first-order chi connectivity index (χ1) is 9.11. The molecule has 1 nitrogen and oxygen atoms in total. The highest BCUT2D eigenvalue weighted by Crippen LogP contribution is 2.38. The molecular formula is C14H12F2INS. The summed E-state index contributed by atoms with van der Waals surface area (Å²) in [5.74, 6) is -1.09. The molecule has 0 bridgehead atoms. The number of nitrogens with one attached hydrogen (secondary N) is 1. The summed E-state index contributed by atoms with van der Waals surface area (Å²) in [7, 11) is 0. The van der Waals surface area contributed by atoms with Crippen LogP contribution in [0.3, 0.4) is 0 Å². The largest absolute Gasteiger partial charge is 0.378 e. The molecule has 1 N–H and O–H groups in total. The highest BCUT2D eigenvalue weighted by atomic mass is 127. The molecule has 1 atom stereocenters. The van der Waals surface area contributed by atoms with Crippen LogP contribution < -0.4 is 5.32 Å². The molecule has 0 fully saturated rings. The van der Waals surface area contributed by atoms with Gasteiger partial charge in [-0.05, 0) is 65.6 Å². The van der Waals surface area contributed by atoms with Crippen molar-refractivity contribution in [1.82, 2.24) is 0 Å². The van der Waals surface area contributed by atoms with Gasteiger partial charge in [0.05, 0.1) is 8.93 Å². The van der Waals surface area contributed by atoms with Crippen molar-refractivity contribution in [3.63, 3.8) is 0 Å². The number of anilines is 1. The van der Waals surface area contributed by atoms with E-state index in [0.29, 0.717) is 5.69 Å². The normalized spacial score (nSPS) is 18.2. The average molecular weight is 391 g/mol. The Balaban J connectivity index is 1.88. The maximum Gasteiger partial charge on any atom is 0.128 e. The van der Waals surface area contributed by atoms with E-state index in [0.717, 1.165) is 25.3 Å². The summed E-state index contributed by atoms with van der Waals surface area (Å²) in [6, 6.07) is 5.91. The minimum Gasteiger partial charge on any atom is -0.378 e. The van der Waals surface area contributed by atoms with Crippen LogP contribution >= 0.6 is 33.9 Å². The fourth-order valence-electron chi connectivity index (χ4n) is 2.51. The molecule has 0 spiro atoms. The first-order valence-corrected chi connectivity index (χ1v) is 8.02. The molecule has 5 heteroatoms. The SMILES string of the molecule is Fc1cc(F)cc(NC2CCCc3sc(I)cc32)c1. The predicted molar refractivity (Wildman–Crippen MR) is 82.7 cm³/mol. The van der Waals surface area contributed by atoms with E-state index in [-0.39, 0.29) is 6.04 Å². The number of hydrogen-bond acceptors (Lipinski definition) is 2. The third kappa shape index (κ3) is 2.91. The van der Waals surface area contributed by atoms with Crippen LogP contribution in [0.2, 0.25) is 0 Å². The van der Waals surface area contributed by atoms with E-state index in [1.54, 1.807) is 0 Å². The maximum atomic E-state index is 13.2. The fraction of sp³-hybridized carbons (Fsp3) is 0.286. The van der Waals surface area contributed by atoms with E-state index in [9.17, 15) is 8.78 Å². The van der Waals surface area contributed by atoms with Gasteiger partial charge in [-0.25, -0.2) is 8.78 Å². The molecule has 19 heavy (non-hydrogen) atoms. The Hall–Kier alpha value is -0.690. The summed E-state index contributed by atoms with van der Waals surface area (Å²) < 4.78 is 27.7. The molecule has 0 aliphatic heterocycles. The molecule has 1 aromatic heterocycles. The van der Waals surface area contributed by atoms with Gasteiger partial charge in [-0.3, -0.25) is 0 Å². The van der Waals surface area contributed by atoms with E-state index < -0.39 is 11.6 Å². The second-order valence-corrected chi connectivity index (χ2v) is 7.71. The van der Waals surface area contributed by atoms with Crippen LogP contribution in [0, 0.1) is 14.5 Å². The number of fused-ring (bicyclic) bond motifs is 1. The molecule has 0 saturated heterocycles. The van der Waals surface area contributed by atoms with Crippen LogP contribution in [0.4, 0.5) is 14.5 Å². The number of thiophene rings is 1. The van der Waals surface area contributed by atoms with Gasteiger partial charge in [0.2, 0.25) is 0 Å². The van der Waals surface area contributed by atoms with E-state index in [1.807, 2.05) is 11.3 Å². The summed E-state index contributed by atoms with van der Waals surface area (Å²) in [6.07, 6.45) is 3.22. The van der Waals surface area contributed by atoms with Crippen molar-refractivity contribution in [3.05, 3.63) is 49.2 Å². The first kappa shape index (κ1) is 13.3. The average Bonchev–Trinajstić information content (AvgIpc) is 2.69. The summed E-state index contributed by atoms with van der Waals surface area (Å²) in [5, 5.41) is 3.26. The lowest BCUT2D eigenvalue weighted by Crippen LogP contribution is -2.15. The van der Waals surface area contributed by atoms with Crippen LogP contribution in [-0.4, -0.2) is 0 Å². The minimum atomic E-state index is -0.543. The Labute approximate surface area is 128 Å². The number of hydrogen-bond donors (Lipinski definition) is 1. The van der Waals surface area contributed by atoms with Crippen LogP contribution in [0.15, 0.2) is 24.3 Å². The zero-order valence-corrected chi connectivity index (χ0v) is 13.0. The van der Waals surface area contributed by atoms with Crippen molar-refractivity contribution >= 4 is 39.6 Å². The highest BCUT2D eigenvalue weighted by molar-refractivity contribution is 14.1. The van der Waals surface area contributed by atoms with Crippen molar-refractivity contribution in [2.75, 3.05) is 5.32 Å². The van der Waals surface area contributed by atoms with Crippen molar-refractivity contribution in [1.29, 1.82) is 0 Å². The van der Waals surface area contributed by atoms with Crippen LogP contribution in [0.1, 0.15) is 29.3 Å². The zero-order chi connectivity index (χ0) is 13.4. The fourth-order valence-corrected chi connectivity index (χ4v) is 4.63.